The van der Waals surface area contributed by atoms with Gasteiger partial charge in [0.15, 0.2) is 11.6 Å². The summed E-state index contributed by atoms with van der Waals surface area (Å²) in [4.78, 5) is 28.1. The quantitative estimate of drug-likeness (QED) is 0.212. The Hall–Kier alpha value is -4.30. The van der Waals surface area contributed by atoms with Gasteiger partial charge in [0.25, 0.3) is 0 Å². The van der Waals surface area contributed by atoms with Crippen molar-refractivity contribution in [1.82, 2.24) is 0 Å². The van der Waals surface area contributed by atoms with Crippen LogP contribution < -0.4 is 0 Å². The molecule has 0 N–H and O–H groups in total. The summed E-state index contributed by atoms with van der Waals surface area (Å²) in [6.07, 6.45) is 0. The molecule has 6 aromatic rings. The summed E-state index contributed by atoms with van der Waals surface area (Å²) >= 11 is 0. The van der Waals surface area contributed by atoms with Crippen molar-refractivity contribution in [2.75, 3.05) is 0 Å². The molecule has 7 rings (SSSR count). The van der Waals surface area contributed by atoms with Crippen LogP contribution in [0.15, 0.2) is 72.8 Å². The van der Waals surface area contributed by atoms with Gasteiger partial charge in [-0.2, -0.15) is 0 Å². The van der Waals surface area contributed by atoms with E-state index >= 15 is 0 Å². The normalized spacial score (nSPS) is 13.1. The first-order chi connectivity index (χ1) is 17.4. The second-order valence-electron chi connectivity index (χ2n) is 10.2. The number of carbonyl (C=O) groups excluding carboxylic acids is 2. The zero-order valence-corrected chi connectivity index (χ0v) is 20.7. The van der Waals surface area contributed by atoms with Crippen LogP contribution >= 0.6 is 0 Å². The Labute approximate surface area is 209 Å². The number of carbonyl (C=O) groups is 2. The van der Waals surface area contributed by atoms with Crippen LogP contribution in [0, 0.1) is 27.7 Å². The zero-order chi connectivity index (χ0) is 24.9. The standard InChI is InChI=1S/C34H24O2/c1-17-9-11-19(3)27-21(17)13-15-25-29(27)30-26(16-14-22-18(2)10-12-20(4)28(22)30)32-31(25)33(35)23-7-5-6-8-24(23)34(32)36/h5-16H,1-4H3. The van der Waals surface area contributed by atoms with E-state index in [0.29, 0.717) is 22.3 Å². The number of benzene rings is 6. The molecule has 0 unspecified atom stereocenters. The molecule has 1 aliphatic carbocycles. The van der Waals surface area contributed by atoms with Gasteiger partial charge in [-0.1, -0.05) is 72.8 Å². The van der Waals surface area contributed by atoms with Crippen molar-refractivity contribution in [3.05, 3.63) is 117 Å². The smallest absolute Gasteiger partial charge is 0.195 e. The summed E-state index contributed by atoms with van der Waals surface area (Å²) < 4.78 is 0. The fraction of sp³-hybridized carbons (Fsp3) is 0.118. The molecule has 2 nitrogen and oxygen atoms in total. The molecule has 36 heavy (non-hydrogen) atoms. The molecule has 0 radical (unpaired) electrons. The summed E-state index contributed by atoms with van der Waals surface area (Å²) in [7, 11) is 0. The summed E-state index contributed by atoms with van der Waals surface area (Å²) in [6.45, 7) is 8.54. The molecule has 0 amide bonds. The van der Waals surface area contributed by atoms with Crippen LogP contribution in [0.1, 0.15) is 54.1 Å². The summed E-state index contributed by atoms with van der Waals surface area (Å²) in [5.41, 5.74) is 6.78. The van der Waals surface area contributed by atoms with Gasteiger partial charge in [0.05, 0.1) is 0 Å². The molecule has 0 heterocycles. The van der Waals surface area contributed by atoms with E-state index in [9.17, 15) is 9.59 Å². The van der Waals surface area contributed by atoms with Gasteiger partial charge >= 0.3 is 0 Å². The fourth-order valence-corrected chi connectivity index (χ4v) is 6.35. The van der Waals surface area contributed by atoms with Crippen molar-refractivity contribution in [2.45, 2.75) is 27.7 Å². The third-order valence-electron chi connectivity index (χ3n) is 8.12. The molecule has 6 aromatic carbocycles. The van der Waals surface area contributed by atoms with Gasteiger partial charge in [0.2, 0.25) is 0 Å². The Morgan fingerprint density at radius 1 is 0.389 bits per heavy atom. The number of ketones is 2. The summed E-state index contributed by atoms with van der Waals surface area (Å²) in [5.74, 6) is -0.143. The van der Waals surface area contributed by atoms with E-state index < -0.39 is 0 Å². The first-order valence-corrected chi connectivity index (χ1v) is 12.4. The Morgan fingerprint density at radius 2 is 0.750 bits per heavy atom. The molecule has 0 aliphatic heterocycles. The maximum Gasteiger partial charge on any atom is 0.195 e. The van der Waals surface area contributed by atoms with Gasteiger partial charge in [-0.3, -0.25) is 9.59 Å². The molecule has 0 saturated carbocycles. The highest BCUT2D eigenvalue weighted by Gasteiger charge is 2.34. The number of fused-ring (bicyclic) bond motifs is 11. The van der Waals surface area contributed by atoms with Crippen molar-refractivity contribution in [2.24, 2.45) is 0 Å². The monoisotopic (exact) mass is 464 g/mol. The van der Waals surface area contributed by atoms with E-state index in [1.807, 2.05) is 12.1 Å². The Kier molecular flexibility index (Phi) is 4.15. The van der Waals surface area contributed by atoms with Crippen LogP contribution in [0.4, 0.5) is 0 Å². The van der Waals surface area contributed by atoms with Crippen molar-refractivity contribution >= 4 is 54.7 Å². The molecule has 0 spiro atoms. The molecule has 0 aromatic heterocycles. The van der Waals surface area contributed by atoms with E-state index in [-0.39, 0.29) is 11.6 Å². The van der Waals surface area contributed by atoms with Crippen LogP contribution in [0.25, 0.3) is 43.1 Å². The van der Waals surface area contributed by atoms with Crippen LogP contribution in [-0.2, 0) is 0 Å². The highest BCUT2D eigenvalue weighted by atomic mass is 16.1. The van der Waals surface area contributed by atoms with Crippen LogP contribution in [-0.4, -0.2) is 11.6 Å². The largest absolute Gasteiger partial charge is 0.289 e. The maximum atomic E-state index is 14.0. The number of hydrogen-bond acceptors (Lipinski definition) is 2. The van der Waals surface area contributed by atoms with E-state index in [1.54, 1.807) is 12.1 Å². The average molecular weight is 465 g/mol. The minimum atomic E-state index is -0.0715. The zero-order valence-electron chi connectivity index (χ0n) is 20.7. The molecule has 0 saturated heterocycles. The van der Waals surface area contributed by atoms with Crippen molar-refractivity contribution in [3.63, 3.8) is 0 Å². The molecular weight excluding hydrogens is 440 g/mol. The maximum absolute atomic E-state index is 14.0. The van der Waals surface area contributed by atoms with Crippen molar-refractivity contribution in [1.29, 1.82) is 0 Å². The topological polar surface area (TPSA) is 34.1 Å². The van der Waals surface area contributed by atoms with Gasteiger partial charge in [-0.15, -0.1) is 0 Å². The fourth-order valence-electron chi connectivity index (χ4n) is 6.35. The van der Waals surface area contributed by atoms with Gasteiger partial charge in [-0.05, 0) is 93.0 Å². The molecule has 0 fully saturated rings. The lowest BCUT2D eigenvalue weighted by molar-refractivity contribution is 0.0981. The second-order valence-corrected chi connectivity index (χ2v) is 10.2. The summed E-state index contributed by atoms with van der Waals surface area (Å²) in [6, 6.07) is 24.2. The predicted octanol–water partition coefficient (Wildman–Crippen LogP) is 8.31. The van der Waals surface area contributed by atoms with Gasteiger partial charge < -0.3 is 0 Å². The lowest BCUT2D eigenvalue weighted by Crippen LogP contribution is -2.21. The minimum absolute atomic E-state index is 0.0715. The van der Waals surface area contributed by atoms with E-state index in [4.69, 9.17) is 0 Å². The third kappa shape index (κ3) is 2.51. The lowest BCUT2D eigenvalue weighted by atomic mass is 9.76. The molecule has 1 aliphatic rings. The molecular formula is C34H24O2. The second kappa shape index (κ2) is 7.11. The van der Waals surface area contributed by atoms with E-state index in [0.717, 1.165) is 32.3 Å². The first kappa shape index (κ1) is 21.0. The van der Waals surface area contributed by atoms with Crippen LogP contribution in [0.2, 0.25) is 0 Å². The predicted molar refractivity (Wildman–Crippen MR) is 149 cm³/mol. The highest BCUT2D eigenvalue weighted by molar-refractivity contribution is 6.42. The van der Waals surface area contributed by atoms with Crippen molar-refractivity contribution < 1.29 is 9.59 Å². The van der Waals surface area contributed by atoms with Crippen LogP contribution in [0.5, 0.6) is 0 Å². The van der Waals surface area contributed by atoms with Gasteiger partial charge in [0, 0.05) is 22.3 Å². The third-order valence-corrected chi connectivity index (χ3v) is 8.12. The molecule has 0 atom stereocenters. The van der Waals surface area contributed by atoms with Crippen LogP contribution in [0.3, 0.4) is 0 Å². The molecule has 2 heteroatoms. The van der Waals surface area contributed by atoms with E-state index in [1.165, 1.54) is 33.0 Å². The number of hydrogen-bond donors (Lipinski definition) is 0. The Balaban J connectivity index is 1.87. The number of aryl methyl sites for hydroxylation is 4. The molecule has 0 bridgehead atoms. The summed E-state index contributed by atoms with van der Waals surface area (Å²) in [5, 5.41) is 8.55. The van der Waals surface area contributed by atoms with Gasteiger partial charge in [-0.25, -0.2) is 0 Å². The lowest BCUT2D eigenvalue weighted by Gasteiger charge is -2.24. The number of rotatable bonds is 0. The van der Waals surface area contributed by atoms with Gasteiger partial charge in [0.1, 0.15) is 0 Å². The Morgan fingerprint density at radius 3 is 1.17 bits per heavy atom. The minimum Gasteiger partial charge on any atom is -0.289 e. The van der Waals surface area contributed by atoms with E-state index in [2.05, 4.69) is 76.2 Å². The average Bonchev–Trinajstić information content (AvgIpc) is 2.89. The SMILES string of the molecule is Cc1ccc(C)c2c1ccc1c3c(c4ccc5c(C)ccc(C)c5c4c12)C(=O)c1ccccc1C3=O. The van der Waals surface area contributed by atoms with Crippen molar-refractivity contribution in [3.8, 4) is 0 Å². The molecule has 172 valence electrons. The highest BCUT2D eigenvalue weighted by Crippen LogP contribution is 2.46. The first-order valence-electron chi connectivity index (χ1n) is 12.4. The Bertz CT molecular complexity index is 1860.